The number of hydrogen-bond acceptors (Lipinski definition) is 2. The summed E-state index contributed by atoms with van der Waals surface area (Å²) in [5, 5.41) is 9.85. The molecule has 0 aliphatic heterocycles. The number of carbonyl (C=O) groups is 1. The van der Waals surface area contributed by atoms with Gasteiger partial charge < -0.3 is 14.6 Å². The Labute approximate surface area is 96.5 Å². The minimum Gasteiger partial charge on any atom is -0.388 e. The van der Waals surface area contributed by atoms with Gasteiger partial charge in [0.2, 0.25) is 5.91 Å². The second-order valence-electron chi connectivity index (χ2n) is 4.59. The monoisotopic (exact) mass is 224 g/mol. The molecular formula is C12H20N2O2. The summed E-state index contributed by atoms with van der Waals surface area (Å²) in [7, 11) is 3.46. The van der Waals surface area contributed by atoms with Gasteiger partial charge in [0.05, 0.1) is 6.10 Å². The molecule has 1 atom stereocenters. The molecule has 1 rings (SSSR count). The van der Waals surface area contributed by atoms with Crippen molar-refractivity contribution in [3.05, 3.63) is 24.0 Å². The number of carbonyl (C=O) groups excluding carboxylic acids is 1. The molecule has 1 aromatic heterocycles. The van der Waals surface area contributed by atoms with Gasteiger partial charge in [-0.3, -0.25) is 4.79 Å². The van der Waals surface area contributed by atoms with Gasteiger partial charge in [0.15, 0.2) is 0 Å². The van der Waals surface area contributed by atoms with E-state index in [0.717, 1.165) is 5.56 Å². The van der Waals surface area contributed by atoms with E-state index in [2.05, 4.69) is 0 Å². The molecule has 0 aliphatic carbocycles. The van der Waals surface area contributed by atoms with Gasteiger partial charge in [0.25, 0.3) is 0 Å². The first kappa shape index (κ1) is 12.8. The van der Waals surface area contributed by atoms with Gasteiger partial charge in [-0.15, -0.1) is 0 Å². The highest BCUT2D eigenvalue weighted by molar-refractivity contribution is 5.75. The zero-order chi connectivity index (χ0) is 12.3. The molecule has 1 heterocycles. The third-order valence-corrected chi connectivity index (χ3v) is 2.56. The molecular weight excluding hydrogens is 204 g/mol. The van der Waals surface area contributed by atoms with Crippen molar-refractivity contribution >= 4 is 5.91 Å². The van der Waals surface area contributed by atoms with Crippen molar-refractivity contribution in [2.24, 2.45) is 5.92 Å². The van der Waals surface area contributed by atoms with Crippen LogP contribution in [0.15, 0.2) is 18.5 Å². The number of hydrogen-bond donors (Lipinski definition) is 1. The van der Waals surface area contributed by atoms with Crippen LogP contribution < -0.4 is 0 Å². The first-order valence-corrected chi connectivity index (χ1v) is 5.45. The highest BCUT2D eigenvalue weighted by atomic mass is 16.3. The summed E-state index contributed by atoms with van der Waals surface area (Å²) in [6.45, 7) is 4.25. The zero-order valence-corrected chi connectivity index (χ0v) is 10.3. The number of amides is 1. The molecule has 0 radical (unpaired) electrons. The number of likely N-dealkylation sites (N-methyl/N-ethyl adjacent to an activating group) is 1. The van der Waals surface area contributed by atoms with Gasteiger partial charge in [-0.2, -0.15) is 0 Å². The lowest BCUT2D eigenvalue weighted by Gasteiger charge is -2.13. The molecule has 0 saturated heterocycles. The predicted molar refractivity (Wildman–Crippen MR) is 62.9 cm³/mol. The van der Waals surface area contributed by atoms with E-state index in [-0.39, 0.29) is 11.8 Å². The average Bonchev–Trinajstić information content (AvgIpc) is 2.64. The zero-order valence-electron chi connectivity index (χ0n) is 10.3. The Kier molecular flexibility index (Phi) is 4.12. The van der Waals surface area contributed by atoms with Crippen LogP contribution in [0.25, 0.3) is 0 Å². The van der Waals surface area contributed by atoms with Crippen LogP contribution in [0.1, 0.15) is 25.5 Å². The summed E-state index contributed by atoms with van der Waals surface area (Å²) in [4.78, 5) is 13.0. The number of aliphatic hydroxyl groups is 1. The molecule has 0 saturated carbocycles. The van der Waals surface area contributed by atoms with Gasteiger partial charge >= 0.3 is 0 Å². The van der Waals surface area contributed by atoms with E-state index in [4.69, 9.17) is 0 Å². The maximum absolute atomic E-state index is 11.5. The summed E-state index contributed by atoms with van der Waals surface area (Å²) >= 11 is 0. The fourth-order valence-corrected chi connectivity index (χ4v) is 1.42. The fourth-order valence-electron chi connectivity index (χ4n) is 1.42. The lowest BCUT2D eigenvalue weighted by molar-refractivity contribution is -0.129. The third kappa shape index (κ3) is 3.10. The first-order valence-electron chi connectivity index (χ1n) is 5.45. The number of nitrogens with zero attached hydrogens (tertiary/aromatic N) is 2. The van der Waals surface area contributed by atoms with Crippen LogP contribution in [-0.2, 0) is 11.3 Å². The summed E-state index contributed by atoms with van der Waals surface area (Å²) in [5.41, 5.74) is 0.863. The molecule has 1 N–H and O–H groups in total. The maximum Gasteiger partial charge on any atom is 0.241 e. The Morgan fingerprint density at radius 1 is 1.50 bits per heavy atom. The largest absolute Gasteiger partial charge is 0.388 e. The molecule has 0 aromatic carbocycles. The van der Waals surface area contributed by atoms with E-state index in [1.54, 1.807) is 23.6 Å². The van der Waals surface area contributed by atoms with E-state index in [1.165, 1.54) is 0 Å². The third-order valence-electron chi connectivity index (χ3n) is 2.56. The molecule has 1 amide bonds. The van der Waals surface area contributed by atoms with Gasteiger partial charge in [0.1, 0.15) is 6.54 Å². The molecule has 0 fully saturated rings. The Morgan fingerprint density at radius 2 is 2.12 bits per heavy atom. The Balaban J connectivity index is 2.68. The van der Waals surface area contributed by atoms with Crippen LogP contribution in [0.3, 0.4) is 0 Å². The van der Waals surface area contributed by atoms with E-state index in [1.807, 2.05) is 32.3 Å². The molecule has 4 nitrogen and oxygen atoms in total. The van der Waals surface area contributed by atoms with E-state index < -0.39 is 6.10 Å². The van der Waals surface area contributed by atoms with Gasteiger partial charge in [0, 0.05) is 26.5 Å². The minimum atomic E-state index is -0.462. The van der Waals surface area contributed by atoms with Crippen molar-refractivity contribution in [2.45, 2.75) is 26.5 Å². The predicted octanol–water partition coefficient (Wildman–Crippen LogP) is 1.27. The summed E-state index contributed by atoms with van der Waals surface area (Å²) in [6.07, 6.45) is 3.18. The summed E-state index contributed by atoms with van der Waals surface area (Å²) in [5.74, 6) is 0.224. The Hall–Kier alpha value is -1.29. The smallest absolute Gasteiger partial charge is 0.241 e. The summed E-state index contributed by atoms with van der Waals surface area (Å²) < 4.78 is 1.79. The quantitative estimate of drug-likeness (QED) is 0.837. The lowest BCUT2D eigenvalue weighted by Crippen LogP contribution is -2.25. The Morgan fingerprint density at radius 3 is 2.62 bits per heavy atom. The molecule has 0 bridgehead atoms. The number of rotatable bonds is 4. The van der Waals surface area contributed by atoms with Crippen molar-refractivity contribution in [3.63, 3.8) is 0 Å². The second-order valence-corrected chi connectivity index (χ2v) is 4.59. The van der Waals surface area contributed by atoms with E-state index >= 15 is 0 Å². The molecule has 16 heavy (non-hydrogen) atoms. The standard InChI is InChI=1S/C12H20N2O2/c1-9(2)12(16)10-5-6-14(7-10)8-11(15)13(3)4/h5-7,9,12,16H,8H2,1-4H3. The topological polar surface area (TPSA) is 45.5 Å². The second kappa shape index (κ2) is 5.16. The maximum atomic E-state index is 11.5. The van der Waals surface area contributed by atoms with Crippen molar-refractivity contribution in [1.82, 2.24) is 9.47 Å². The molecule has 0 aliphatic rings. The van der Waals surface area contributed by atoms with Crippen LogP contribution in [0.4, 0.5) is 0 Å². The van der Waals surface area contributed by atoms with Crippen molar-refractivity contribution in [1.29, 1.82) is 0 Å². The highest BCUT2D eigenvalue weighted by Gasteiger charge is 2.13. The van der Waals surface area contributed by atoms with Crippen molar-refractivity contribution in [3.8, 4) is 0 Å². The summed E-state index contributed by atoms with van der Waals surface area (Å²) in [6, 6.07) is 1.85. The van der Waals surface area contributed by atoms with Crippen molar-refractivity contribution < 1.29 is 9.90 Å². The number of aromatic nitrogens is 1. The molecule has 1 aromatic rings. The van der Waals surface area contributed by atoms with Gasteiger partial charge in [-0.1, -0.05) is 13.8 Å². The Bertz CT molecular complexity index is 356. The average molecular weight is 224 g/mol. The van der Waals surface area contributed by atoms with Gasteiger partial charge in [-0.05, 0) is 17.5 Å². The number of aliphatic hydroxyl groups excluding tert-OH is 1. The van der Waals surface area contributed by atoms with Crippen LogP contribution >= 0.6 is 0 Å². The first-order chi connectivity index (χ1) is 7.41. The molecule has 90 valence electrons. The lowest BCUT2D eigenvalue weighted by atomic mass is 10.0. The normalized spacial score (nSPS) is 12.9. The molecule has 4 heteroatoms. The minimum absolute atomic E-state index is 0.0428. The SMILES string of the molecule is CC(C)C(O)c1ccn(CC(=O)N(C)C)c1. The van der Waals surface area contributed by atoms with Crippen LogP contribution in [-0.4, -0.2) is 34.6 Å². The van der Waals surface area contributed by atoms with E-state index in [0.29, 0.717) is 6.54 Å². The highest BCUT2D eigenvalue weighted by Crippen LogP contribution is 2.21. The van der Waals surface area contributed by atoms with Crippen LogP contribution in [0, 0.1) is 5.92 Å². The fraction of sp³-hybridized carbons (Fsp3) is 0.583. The van der Waals surface area contributed by atoms with E-state index in [9.17, 15) is 9.90 Å². The van der Waals surface area contributed by atoms with Crippen molar-refractivity contribution in [2.75, 3.05) is 14.1 Å². The van der Waals surface area contributed by atoms with Crippen LogP contribution in [0.2, 0.25) is 0 Å². The van der Waals surface area contributed by atoms with Gasteiger partial charge in [-0.25, -0.2) is 0 Å². The molecule has 1 unspecified atom stereocenters. The van der Waals surface area contributed by atoms with Crippen LogP contribution in [0.5, 0.6) is 0 Å². The molecule has 0 spiro atoms.